The van der Waals surface area contributed by atoms with Gasteiger partial charge in [0.05, 0.1) is 19.3 Å². The van der Waals surface area contributed by atoms with Crippen LogP contribution in [0.4, 0.5) is 0 Å². The molecule has 0 saturated carbocycles. The highest BCUT2D eigenvalue weighted by atomic mass is 16.5. The third-order valence-electron chi connectivity index (χ3n) is 3.93. The molecule has 2 rings (SSSR count). The number of nitrogens with zero attached hydrogens (tertiary/aromatic N) is 1. The number of aryl methyl sites for hydroxylation is 1. The van der Waals surface area contributed by atoms with Crippen molar-refractivity contribution >= 4 is 11.7 Å². The number of rotatable bonds is 4. The molecule has 5 heteroatoms. The number of amides is 1. The molecule has 1 aliphatic heterocycles. The Morgan fingerprint density at radius 3 is 2.62 bits per heavy atom. The van der Waals surface area contributed by atoms with E-state index >= 15 is 0 Å². The van der Waals surface area contributed by atoms with E-state index in [1.807, 2.05) is 43.0 Å². The molecule has 1 amide bonds. The number of carbonyl (C=O) groups is 2. The first kappa shape index (κ1) is 15.7. The molecule has 1 aliphatic rings. The zero-order valence-electron chi connectivity index (χ0n) is 12.8. The molecule has 114 valence electrons. The number of ketones is 1. The quantitative estimate of drug-likeness (QED) is 0.841. The molecule has 0 spiro atoms. The molecule has 0 radical (unpaired) electrons. The van der Waals surface area contributed by atoms with E-state index in [0.29, 0.717) is 25.3 Å². The van der Waals surface area contributed by atoms with Crippen LogP contribution >= 0.6 is 0 Å². The fraction of sp³-hybridized carbons (Fsp3) is 0.500. The maximum Gasteiger partial charge on any atom is 0.239 e. The van der Waals surface area contributed by atoms with Crippen molar-refractivity contribution in [3.8, 4) is 0 Å². The van der Waals surface area contributed by atoms with E-state index in [1.54, 1.807) is 7.05 Å². The highest BCUT2D eigenvalue weighted by molar-refractivity contribution is 6.00. The molecule has 0 aliphatic carbocycles. The van der Waals surface area contributed by atoms with E-state index in [1.165, 1.54) is 0 Å². The summed E-state index contributed by atoms with van der Waals surface area (Å²) < 4.78 is 5.37. The van der Waals surface area contributed by atoms with Crippen LogP contribution in [-0.2, 0) is 9.53 Å². The van der Waals surface area contributed by atoms with Gasteiger partial charge in [-0.25, -0.2) is 0 Å². The number of Topliss-reactive ketones (excluding diaryl/α,β-unsaturated/α-hetero) is 1. The van der Waals surface area contributed by atoms with Crippen LogP contribution in [0.1, 0.15) is 22.8 Å². The van der Waals surface area contributed by atoms with Gasteiger partial charge in [0.1, 0.15) is 6.04 Å². The molecule has 1 heterocycles. The van der Waals surface area contributed by atoms with Gasteiger partial charge < -0.3 is 10.1 Å². The Kier molecular flexibility index (Phi) is 5.09. The Hall–Kier alpha value is -1.72. The normalized spacial score (nSPS) is 20.8. The van der Waals surface area contributed by atoms with Crippen LogP contribution in [0.2, 0.25) is 0 Å². The van der Waals surface area contributed by atoms with Crippen molar-refractivity contribution in [2.24, 2.45) is 0 Å². The zero-order chi connectivity index (χ0) is 15.4. The number of hydrogen-bond acceptors (Lipinski definition) is 4. The summed E-state index contributed by atoms with van der Waals surface area (Å²) in [5, 5.41) is 2.63. The molecule has 5 nitrogen and oxygen atoms in total. The topological polar surface area (TPSA) is 58.6 Å². The van der Waals surface area contributed by atoms with Gasteiger partial charge >= 0.3 is 0 Å². The Morgan fingerprint density at radius 1 is 1.33 bits per heavy atom. The first-order valence-corrected chi connectivity index (χ1v) is 7.20. The first-order chi connectivity index (χ1) is 10.0. The van der Waals surface area contributed by atoms with Crippen LogP contribution in [0.15, 0.2) is 24.3 Å². The Labute approximate surface area is 125 Å². The lowest BCUT2D eigenvalue weighted by atomic mass is 10.0. The summed E-state index contributed by atoms with van der Waals surface area (Å²) >= 11 is 0. The molecule has 21 heavy (non-hydrogen) atoms. The third-order valence-corrected chi connectivity index (χ3v) is 3.93. The minimum Gasteiger partial charge on any atom is -0.378 e. The van der Waals surface area contributed by atoms with Gasteiger partial charge in [0.25, 0.3) is 0 Å². The van der Waals surface area contributed by atoms with Crippen molar-refractivity contribution < 1.29 is 14.3 Å². The minimum absolute atomic E-state index is 0.0332. The Balaban J connectivity index is 2.16. The number of carbonyl (C=O) groups excluding carboxylic acids is 2. The predicted octanol–water partition coefficient (Wildman–Crippen LogP) is 1.01. The summed E-state index contributed by atoms with van der Waals surface area (Å²) in [4.78, 5) is 26.5. The van der Waals surface area contributed by atoms with Gasteiger partial charge in [-0.1, -0.05) is 29.8 Å². The SMILES string of the molecule is CNC(=O)C1COCCN1C(C)C(=O)c1ccc(C)cc1. The van der Waals surface area contributed by atoms with E-state index in [2.05, 4.69) is 5.32 Å². The minimum atomic E-state index is -0.409. The molecule has 1 N–H and O–H groups in total. The second-order valence-corrected chi connectivity index (χ2v) is 5.35. The average Bonchev–Trinajstić information content (AvgIpc) is 2.53. The highest BCUT2D eigenvalue weighted by Gasteiger charge is 2.34. The molecule has 2 unspecified atom stereocenters. The largest absolute Gasteiger partial charge is 0.378 e. The third kappa shape index (κ3) is 3.49. The van der Waals surface area contributed by atoms with Crippen molar-refractivity contribution in [3.05, 3.63) is 35.4 Å². The molecule has 1 fully saturated rings. The molecule has 1 aromatic carbocycles. The molecular formula is C16H22N2O3. The predicted molar refractivity (Wildman–Crippen MR) is 80.4 cm³/mol. The second-order valence-electron chi connectivity index (χ2n) is 5.35. The van der Waals surface area contributed by atoms with Gasteiger partial charge in [-0.2, -0.15) is 0 Å². The molecule has 2 atom stereocenters. The fourth-order valence-electron chi connectivity index (χ4n) is 2.58. The first-order valence-electron chi connectivity index (χ1n) is 7.20. The zero-order valence-corrected chi connectivity index (χ0v) is 12.8. The summed E-state index contributed by atoms with van der Waals surface area (Å²) in [6, 6.07) is 6.77. The summed E-state index contributed by atoms with van der Waals surface area (Å²) in [6.07, 6.45) is 0. The van der Waals surface area contributed by atoms with Gasteiger partial charge in [-0.05, 0) is 13.8 Å². The van der Waals surface area contributed by atoms with Crippen LogP contribution in [0.25, 0.3) is 0 Å². The standard InChI is InChI=1S/C16H22N2O3/c1-11-4-6-13(7-5-11)15(19)12(2)18-8-9-21-10-14(18)16(20)17-3/h4-7,12,14H,8-10H2,1-3H3,(H,17,20). The van der Waals surface area contributed by atoms with E-state index in [9.17, 15) is 9.59 Å². The maximum absolute atomic E-state index is 12.6. The van der Waals surface area contributed by atoms with E-state index < -0.39 is 6.04 Å². The summed E-state index contributed by atoms with van der Waals surface area (Å²) in [5.41, 5.74) is 1.80. The van der Waals surface area contributed by atoms with Crippen molar-refractivity contribution in [1.29, 1.82) is 0 Å². The van der Waals surface area contributed by atoms with Crippen molar-refractivity contribution in [3.63, 3.8) is 0 Å². The molecule has 0 aromatic heterocycles. The molecule has 0 bridgehead atoms. The lowest BCUT2D eigenvalue weighted by Gasteiger charge is -2.37. The fourth-order valence-corrected chi connectivity index (χ4v) is 2.58. The second kappa shape index (κ2) is 6.83. The number of morpholine rings is 1. The van der Waals surface area contributed by atoms with Crippen LogP contribution in [0, 0.1) is 6.92 Å². The van der Waals surface area contributed by atoms with Gasteiger partial charge in [-0.15, -0.1) is 0 Å². The van der Waals surface area contributed by atoms with E-state index in [0.717, 1.165) is 5.56 Å². The van der Waals surface area contributed by atoms with Gasteiger partial charge in [0.15, 0.2) is 5.78 Å². The van der Waals surface area contributed by atoms with Crippen molar-refractivity contribution in [2.45, 2.75) is 25.9 Å². The van der Waals surface area contributed by atoms with Crippen molar-refractivity contribution in [2.75, 3.05) is 26.8 Å². The van der Waals surface area contributed by atoms with Crippen LogP contribution < -0.4 is 5.32 Å². The monoisotopic (exact) mass is 290 g/mol. The molecular weight excluding hydrogens is 268 g/mol. The number of benzene rings is 1. The van der Waals surface area contributed by atoms with Gasteiger partial charge in [-0.3, -0.25) is 14.5 Å². The lowest BCUT2D eigenvalue weighted by Crippen LogP contribution is -2.57. The maximum atomic E-state index is 12.6. The highest BCUT2D eigenvalue weighted by Crippen LogP contribution is 2.16. The molecule has 1 saturated heterocycles. The number of ether oxygens (including phenoxy) is 1. The van der Waals surface area contributed by atoms with Gasteiger partial charge in [0, 0.05) is 19.2 Å². The molecule has 1 aromatic rings. The van der Waals surface area contributed by atoms with Crippen LogP contribution in [-0.4, -0.2) is 55.5 Å². The Bertz CT molecular complexity index is 513. The lowest BCUT2D eigenvalue weighted by molar-refractivity contribution is -0.132. The number of hydrogen-bond donors (Lipinski definition) is 1. The summed E-state index contributed by atoms with van der Waals surface area (Å²) in [7, 11) is 1.60. The van der Waals surface area contributed by atoms with Crippen LogP contribution in [0.3, 0.4) is 0 Å². The average molecular weight is 290 g/mol. The van der Waals surface area contributed by atoms with Crippen molar-refractivity contribution in [1.82, 2.24) is 10.2 Å². The number of likely N-dealkylation sites (N-methyl/N-ethyl adjacent to an activating group) is 1. The summed E-state index contributed by atoms with van der Waals surface area (Å²) in [5.74, 6) is -0.0796. The smallest absolute Gasteiger partial charge is 0.239 e. The van der Waals surface area contributed by atoms with E-state index in [4.69, 9.17) is 4.74 Å². The summed E-state index contributed by atoms with van der Waals surface area (Å²) in [6.45, 7) is 5.28. The Morgan fingerprint density at radius 2 is 2.00 bits per heavy atom. The number of nitrogens with one attached hydrogen (secondary N) is 1. The van der Waals surface area contributed by atoms with E-state index in [-0.39, 0.29) is 17.7 Å². The van der Waals surface area contributed by atoms with Gasteiger partial charge in [0.2, 0.25) is 5.91 Å². The van der Waals surface area contributed by atoms with Crippen LogP contribution in [0.5, 0.6) is 0 Å².